The van der Waals surface area contributed by atoms with E-state index < -0.39 is 0 Å². The first-order valence-corrected chi connectivity index (χ1v) is 8.27. The van der Waals surface area contributed by atoms with Crippen molar-refractivity contribution in [2.45, 2.75) is 20.3 Å². The summed E-state index contributed by atoms with van der Waals surface area (Å²) in [7, 11) is 1.57. The fourth-order valence-electron chi connectivity index (χ4n) is 2.29. The fourth-order valence-corrected chi connectivity index (χ4v) is 2.73. The zero-order valence-corrected chi connectivity index (χ0v) is 15.4. The van der Waals surface area contributed by atoms with E-state index in [9.17, 15) is 4.79 Å². The van der Waals surface area contributed by atoms with Gasteiger partial charge in [0.25, 0.3) is 5.91 Å². The molecule has 6 nitrogen and oxygen atoms in total. The molecule has 7 heteroatoms. The second-order valence-electron chi connectivity index (χ2n) is 5.04. The van der Waals surface area contributed by atoms with Crippen LogP contribution in [0, 0.1) is 11.3 Å². The molecule has 1 aliphatic rings. The molecule has 0 N–H and O–H groups in total. The Bertz CT molecular complexity index is 750. The van der Waals surface area contributed by atoms with Crippen molar-refractivity contribution in [3.8, 4) is 17.6 Å². The Balaban J connectivity index is 2.36. The molecule has 1 heterocycles. The van der Waals surface area contributed by atoms with E-state index in [0.29, 0.717) is 29.4 Å². The highest BCUT2D eigenvalue weighted by Gasteiger charge is 2.27. The summed E-state index contributed by atoms with van der Waals surface area (Å²) in [5.41, 5.74) is 1.91. The monoisotopic (exact) mass is 391 g/mol. The molecule has 0 aliphatic carbocycles. The Morgan fingerprint density at radius 1 is 1.42 bits per heavy atom. The zero-order valence-electron chi connectivity index (χ0n) is 13.8. The lowest BCUT2D eigenvalue weighted by molar-refractivity contribution is -0.125. The molecule has 1 aromatic rings. The van der Waals surface area contributed by atoms with Gasteiger partial charge in [-0.05, 0) is 37.6 Å². The van der Waals surface area contributed by atoms with Gasteiger partial charge in [-0.25, -0.2) is 5.01 Å². The minimum atomic E-state index is -0.206. The maximum atomic E-state index is 12.4. The van der Waals surface area contributed by atoms with E-state index in [1.807, 2.05) is 19.1 Å². The van der Waals surface area contributed by atoms with Crippen LogP contribution in [0.3, 0.4) is 0 Å². The van der Waals surface area contributed by atoms with Crippen molar-refractivity contribution in [1.29, 1.82) is 5.26 Å². The predicted molar refractivity (Wildman–Crippen MR) is 94.9 cm³/mol. The van der Waals surface area contributed by atoms with Crippen molar-refractivity contribution in [2.24, 2.45) is 5.10 Å². The number of rotatable bonds is 6. The lowest BCUT2D eigenvalue weighted by Crippen LogP contribution is -2.23. The van der Waals surface area contributed by atoms with Gasteiger partial charge < -0.3 is 9.47 Å². The highest BCUT2D eigenvalue weighted by molar-refractivity contribution is 9.10. The molecule has 0 fully saturated rings. The van der Waals surface area contributed by atoms with Crippen molar-refractivity contribution < 1.29 is 14.3 Å². The first kappa shape index (κ1) is 18.0. The summed E-state index contributed by atoms with van der Waals surface area (Å²) < 4.78 is 11.7. The van der Waals surface area contributed by atoms with E-state index in [1.54, 1.807) is 26.2 Å². The zero-order chi connectivity index (χ0) is 17.7. The van der Waals surface area contributed by atoms with Crippen LogP contribution in [0.4, 0.5) is 0 Å². The molecule has 0 bridgehead atoms. The first-order chi connectivity index (χ1) is 11.5. The van der Waals surface area contributed by atoms with Crippen molar-refractivity contribution in [2.75, 3.05) is 20.3 Å². The van der Waals surface area contributed by atoms with Gasteiger partial charge in [0.2, 0.25) is 0 Å². The maximum Gasteiger partial charge on any atom is 0.275 e. The van der Waals surface area contributed by atoms with Crippen LogP contribution in [0.25, 0.3) is 6.08 Å². The van der Waals surface area contributed by atoms with Gasteiger partial charge in [-0.1, -0.05) is 15.9 Å². The molecule has 0 aromatic heterocycles. The number of benzene rings is 1. The van der Waals surface area contributed by atoms with Crippen LogP contribution in [-0.4, -0.2) is 36.9 Å². The molecular formula is C17H18BrN3O3. The summed E-state index contributed by atoms with van der Waals surface area (Å²) in [4.78, 5) is 12.4. The highest BCUT2D eigenvalue weighted by atomic mass is 79.9. The molecule has 1 aliphatic heterocycles. The number of carbonyl (C=O) groups is 1. The van der Waals surface area contributed by atoms with Crippen LogP contribution in [-0.2, 0) is 4.79 Å². The highest BCUT2D eigenvalue weighted by Crippen LogP contribution is 2.35. The van der Waals surface area contributed by atoms with Crippen LogP contribution < -0.4 is 9.47 Å². The van der Waals surface area contributed by atoms with Crippen LogP contribution in [0.2, 0.25) is 0 Å². The molecule has 0 saturated carbocycles. The lowest BCUT2D eigenvalue weighted by atomic mass is 10.1. The summed E-state index contributed by atoms with van der Waals surface area (Å²) >= 11 is 3.50. The number of carbonyl (C=O) groups excluding carboxylic acids is 1. The number of ether oxygens (including phenoxy) is 2. The molecule has 1 aromatic carbocycles. The molecule has 24 heavy (non-hydrogen) atoms. The molecule has 126 valence electrons. The average molecular weight is 392 g/mol. The normalized spacial score (nSPS) is 15.5. The molecule has 0 spiro atoms. The van der Waals surface area contributed by atoms with Crippen molar-refractivity contribution in [1.82, 2.24) is 5.01 Å². The van der Waals surface area contributed by atoms with Crippen LogP contribution >= 0.6 is 15.9 Å². The molecule has 0 unspecified atom stereocenters. The van der Waals surface area contributed by atoms with Gasteiger partial charge in [0.15, 0.2) is 11.5 Å². The van der Waals surface area contributed by atoms with E-state index in [4.69, 9.17) is 14.7 Å². The Hall–Kier alpha value is -2.33. The molecule has 0 atom stereocenters. The van der Waals surface area contributed by atoms with Gasteiger partial charge in [0.05, 0.1) is 44.0 Å². The third-order valence-electron chi connectivity index (χ3n) is 3.44. The van der Waals surface area contributed by atoms with Crippen LogP contribution in [0.15, 0.2) is 27.3 Å². The Morgan fingerprint density at radius 3 is 2.79 bits per heavy atom. The van der Waals surface area contributed by atoms with Crippen molar-refractivity contribution >= 4 is 33.6 Å². The van der Waals surface area contributed by atoms with Gasteiger partial charge in [0.1, 0.15) is 0 Å². The second kappa shape index (κ2) is 7.97. The molecule has 0 saturated heterocycles. The standard InChI is InChI=1S/C17H18BrN3O3/c1-4-24-16-10-14(18)12(9-15(16)23-3)8-13-11(2)20-21(17(13)22)7-5-6-19/h8-10H,4-5,7H2,1-3H3/b13-8+. The summed E-state index contributed by atoms with van der Waals surface area (Å²) in [5, 5.41) is 14.2. The van der Waals surface area contributed by atoms with E-state index in [2.05, 4.69) is 21.0 Å². The summed E-state index contributed by atoms with van der Waals surface area (Å²) in [5.74, 6) is 1.02. The molecular weight excluding hydrogens is 374 g/mol. The SMILES string of the molecule is CCOc1cc(Br)c(/C=C2/C(=O)N(CCC#N)N=C2C)cc1OC. The Morgan fingerprint density at radius 2 is 2.17 bits per heavy atom. The van der Waals surface area contributed by atoms with Crippen LogP contribution in [0.1, 0.15) is 25.8 Å². The first-order valence-electron chi connectivity index (χ1n) is 7.48. The third kappa shape index (κ3) is 3.77. The van der Waals surface area contributed by atoms with E-state index in [0.717, 1.165) is 10.0 Å². The largest absolute Gasteiger partial charge is 0.493 e. The van der Waals surface area contributed by atoms with E-state index in [-0.39, 0.29) is 18.9 Å². The quantitative estimate of drug-likeness (QED) is 0.696. The van der Waals surface area contributed by atoms with E-state index >= 15 is 0 Å². The second-order valence-corrected chi connectivity index (χ2v) is 5.89. The number of hydrogen-bond acceptors (Lipinski definition) is 5. The number of hydrogen-bond donors (Lipinski definition) is 0. The topological polar surface area (TPSA) is 74.9 Å². The number of nitriles is 1. The molecule has 2 rings (SSSR count). The fraction of sp³-hybridized carbons (Fsp3) is 0.353. The predicted octanol–water partition coefficient (Wildman–Crippen LogP) is 3.37. The van der Waals surface area contributed by atoms with Gasteiger partial charge in [-0.3, -0.25) is 4.79 Å². The van der Waals surface area contributed by atoms with E-state index in [1.165, 1.54) is 5.01 Å². The van der Waals surface area contributed by atoms with Gasteiger partial charge in [-0.15, -0.1) is 0 Å². The lowest BCUT2D eigenvalue weighted by Gasteiger charge is -2.12. The number of hydrazone groups is 1. The number of halogens is 1. The minimum absolute atomic E-state index is 0.206. The average Bonchev–Trinajstić information content (AvgIpc) is 2.82. The smallest absolute Gasteiger partial charge is 0.275 e. The van der Waals surface area contributed by atoms with Gasteiger partial charge in [-0.2, -0.15) is 10.4 Å². The maximum absolute atomic E-state index is 12.4. The van der Waals surface area contributed by atoms with Gasteiger partial charge in [0, 0.05) is 4.47 Å². The Labute approximate surface area is 149 Å². The van der Waals surface area contributed by atoms with Gasteiger partial charge >= 0.3 is 0 Å². The minimum Gasteiger partial charge on any atom is -0.493 e. The summed E-state index contributed by atoms with van der Waals surface area (Å²) in [6.07, 6.45) is 2.01. The van der Waals surface area contributed by atoms with Crippen molar-refractivity contribution in [3.63, 3.8) is 0 Å². The molecule has 0 radical (unpaired) electrons. The molecule has 1 amide bonds. The summed E-state index contributed by atoms with van der Waals surface area (Å²) in [6, 6.07) is 5.64. The number of methoxy groups -OCH3 is 1. The number of nitrogens with zero attached hydrogens (tertiary/aromatic N) is 3. The summed E-state index contributed by atoms with van der Waals surface area (Å²) in [6.45, 7) is 4.49. The Kier molecular flexibility index (Phi) is 5.99. The van der Waals surface area contributed by atoms with Crippen molar-refractivity contribution in [3.05, 3.63) is 27.7 Å². The third-order valence-corrected chi connectivity index (χ3v) is 4.13. The number of amides is 1. The van der Waals surface area contributed by atoms with Crippen LogP contribution in [0.5, 0.6) is 11.5 Å².